The Morgan fingerprint density at radius 1 is 0.378 bits per heavy atom. The summed E-state index contributed by atoms with van der Waals surface area (Å²) in [5, 5.41) is 0. The highest BCUT2D eigenvalue weighted by Gasteiger charge is 2.20. The van der Waals surface area contributed by atoms with Crippen LogP contribution in [0.3, 0.4) is 0 Å². The molecule has 12 nitrogen and oxygen atoms in total. The number of ether oxygens (including phenoxy) is 4. The quantitative estimate of drug-likeness (QED) is 0.0331. The predicted molar refractivity (Wildman–Crippen MR) is 308 cm³/mol. The van der Waals surface area contributed by atoms with Crippen LogP contribution in [0, 0.1) is 11.8 Å². The fraction of sp³-hybridized carbons (Fsp3) is 0.935. The van der Waals surface area contributed by atoms with E-state index in [2.05, 4.69) is 51.3 Å². The van der Waals surface area contributed by atoms with Crippen LogP contribution in [0.4, 0.5) is 9.59 Å². The molecule has 0 N–H and O–H groups in total. The van der Waals surface area contributed by atoms with Gasteiger partial charge in [0, 0.05) is 65.2 Å². The third-order valence-electron chi connectivity index (χ3n) is 15.2. The van der Waals surface area contributed by atoms with Gasteiger partial charge in [0.25, 0.3) is 0 Å². The highest BCUT2D eigenvalue weighted by Crippen LogP contribution is 2.21. The van der Waals surface area contributed by atoms with Crippen LogP contribution < -0.4 is 0 Å². The second-order valence-electron chi connectivity index (χ2n) is 22.1. The zero-order chi connectivity index (χ0) is 54.0. The number of hydrogen-bond acceptors (Lipinski definition) is 10. The number of carbonyl (C=O) groups excluding carboxylic acids is 4. The van der Waals surface area contributed by atoms with E-state index in [1.54, 1.807) is 0 Å². The van der Waals surface area contributed by atoms with Crippen LogP contribution >= 0.6 is 0 Å². The van der Waals surface area contributed by atoms with Gasteiger partial charge < -0.3 is 33.6 Å². The number of likely N-dealkylation sites (tertiary alicyclic amines) is 1. The summed E-state index contributed by atoms with van der Waals surface area (Å²) in [5.41, 5.74) is 0. The van der Waals surface area contributed by atoms with Gasteiger partial charge in [0.2, 0.25) is 0 Å². The summed E-state index contributed by atoms with van der Waals surface area (Å²) in [4.78, 5) is 61.3. The van der Waals surface area contributed by atoms with Crippen molar-refractivity contribution in [3.63, 3.8) is 0 Å². The highest BCUT2D eigenvalue weighted by molar-refractivity contribution is 5.70. The molecule has 0 bridgehead atoms. The van der Waals surface area contributed by atoms with Crippen molar-refractivity contribution in [3.05, 3.63) is 0 Å². The Morgan fingerprint density at radius 2 is 0.703 bits per heavy atom. The van der Waals surface area contributed by atoms with Crippen molar-refractivity contribution in [1.29, 1.82) is 0 Å². The summed E-state index contributed by atoms with van der Waals surface area (Å²) in [7, 11) is 0. The van der Waals surface area contributed by atoms with Crippen molar-refractivity contribution >= 4 is 24.1 Å². The van der Waals surface area contributed by atoms with Crippen molar-refractivity contribution in [2.45, 2.75) is 273 Å². The first-order chi connectivity index (χ1) is 36.2. The number of carbonyl (C=O) groups is 4. The Balaban J connectivity index is 2.74. The highest BCUT2D eigenvalue weighted by atomic mass is 16.6. The number of esters is 2. The molecule has 2 amide bonds. The van der Waals surface area contributed by atoms with Gasteiger partial charge in [-0.05, 0) is 102 Å². The van der Waals surface area contributed by atoms with E-state index in [-0.39, 0.29) is 37.3 Å². The number of hydrogen-bond donors (Lipinski definition) is 0. The van der Waals surface area contributed by atoms with Crippen LogP contribution in [-0.2, 0) is 28.5 Å². The van der Waals surface area contributed by atoms with Gasteiger partial charge in [-0.15, -0.1) is 0 Å². The Hall–Kier alpha value is -2.60. The van der Waals surface area contributed by atoms with Gasteiger partial charge in [0.1, 0.15) is 13.2 Å². The van der Waals surface area contributed by atoms with Gasteiger partial charge in [0.15, 0.2) is 0 Å². The topological polar surface area (TPSA) is 118 Å². The van der Waals surface area contributed by atoms with Crippen molar-refractivity contribution < 1.29 is 38.1 Å². The van der Waals surface area contributed by atoms with E-state index in [1.807, 2.05) is 9.80 Å². The molecule has 0 atom stereocenters. The lowest BCUT2D eigenvalue weighted by Crippen LogP contribution is -2.40. The summed E-state index contributed by atoms with van der Waals surface area (Å²) in [6.07, 6.45) is 38.0. The van der Waals surface area contributed by atoms with E-state index >= 15 is 0 Å². The lowest BCUT2D eigenvalue weighted by Gasteiger charge is -2.27. The molecule has 0 aromatic rings. The van der Waals surface area contributed by atoms with Crippen LogP contribution in [-0.4, -0.2) is 136 Å². The maximum Gasteiger partial charge on any atom is 0.409 e. The lowest BCUT2D eigenvalue weighted by atomic mass is 9.96. The summed E-state index contributed by atoms with van der Waals surface area (Å²) in [5.74, 6) is 0.748. The number of unbranched alkanes of at least 4 members (excludes halogenated alkanes) is 20. The maximum absolute atomic E-state index is 13.6. The standard InChI is InChI=1S/C62H120N4O8/c1-7-13-19-21-31-45-65(47-33-23-29-41-59(67)73-55-57(37-25-15-9-3)38-26-16-10-4)61(69)71-53-51-64(50-49-63-43-35-36-44-63)52-54-72-62(70)66(46-32-22-20-14-8-2)48-34-24-30-42-60(68)74-56-58(39-27-17-11-5)40-28-18-12-6/h57-58H,7-56H2,1-6H3. The van der Waals surface area contributed by atoms with E-state index in [4.69, 9.17) is 18.9 Å². The zero-order valence-corrected chi connectivity index (χ0v) is 49.6. The smallest absolute Gasteiger partial charge is 0.409 e. The van der Waals surface area contributed by atoms with Gasteiger partial charge in [0.05, 0.1) is 13.2 Å². The van der Waals surface area contributed by atoms with Crippen molar-refractivity contribution in [2.24, 2.45) is 11.8 Å². The van der Waals surface area contributed by atoms with Gasteiger partial charge in [-0.3, -0.25) is 14.5 Å². The normalized spacial score (nSPS) is 12.8. The minimum Gasteiger partial charge on any atom is -0.465 e. The molecule has 1 rings (SSSR count). The molecule has 0 saturated carbocycles. The van der Waals surface area contributed by atoms with E-state index in [9.17, 15) is 19.2 Å². The molecular formula is C62H120N4O8. The van der Waals surface area contributed by atoms with Crippen LogP contribution in [0.1, 0.15) is 273 Å². The fourth-order valence-electron chi connectivity index (χ4n) is 10.1. The van der Waals surface area contributed by atoms with Crippen LogP contribution in [0.2, 0.25) is 0 Å². The van der Waals surface area contributed by atoms with Gasteiger partial charge in [-0.1, -0.05) is 183 Å². The lowest BCUT2D eigenvalue weighted by molar-refractivity contribution is -0.146. The molecule has 74 heavy (non-hydrogen) atoms. The fourth-order valence-corrected chi connectivity index (χ4v) is 10.1. The van der Waals surface area contributed by atoms with Crippen molar-refractivity contribution in [2.75, 3.05) is 91.9 Å². The van der Waals surface area contributed by atoms with Crippen LogP contribution in [0.5, 0.6) is 0 Å². The van der Waals surface area contributed by atoms with Gasteiger partial charge in [-0.25, -0.2) is 9.59 Å². The monoisotopic (exact) mass is 1050 g/mol. The summed E-state index contributed by atoms with van der Waals surface area (Å²) >= 11 is 0. The first-order valence-corrected chi connectivity index (χ1v) is 31.8. The third kappa shape index (κ3) is 40.6. The Morgan fingerprint density at radius 3 is 1.05 bits per heavy atom. The molecular weight excluding hydrogens is 929 g/mol. The average molecular weight is 1050 g/mol. The predicted octanol–water partition coefficient (Wildman–Crippen LogP) is 16.0. The number of rotatable bonds is 53. The van der Waals surface area contributed by atoms with Crippen molar-refractivity contribution in [3.8, 4) is 0 Å². The van der Waals surface area contributed by atoms with E-state index in [0.717, 1.165) is 116 Å². The minimum absolute atomic E-state index is 0.0936. The molecule has 0 aromatic heterocycles. The molecule has 1 fully saturated rings. The Kier molecular flexibility index (Phi) is 48.0. The molecule has 436 valence electrons. The third-order valence-corrected chi connectivity index (χ3v) is 15.2. The zero-order valence-electron chi connectivity index (χ0n) is 49.6. The van der Waals surface area contributed by atoms with E-state index < -0.39 is 0 Å². The molecule has 1 aliphatic rings. The summed E-state index contributed by atoms with van der Waals surface area (Å²) in [6, 6.07) is 0. The summed E-state index contributed by atoms with van der Waals surface area (Å²) in [6.45, 7) is 22.7. The molecule has 0 aliphatic carbocycles. The molecule has 0 spiro atoms. The van der Waals surface area contributed by atoms with E-state index in [1.165, 1.54) is 128 Å². The molecule has 0 aromatic carbocycles. The minimum atomic E-state index is -0.265. The largest absolute Gasteiger partial charge is 0.465 e. The average Bonchev–Trinajstić information content (AvgIpc) is 3.93. The van der Waals surface area contributed by atoms with Crippen LogP contribution in [0.15, 0.2) is 0 Å². The van der Waals surface area contributed by atoms with Gasteiger partial charge in [-0.2, -0.15) is 0 Å². The Labute approximate surface area is 456 Å². The maximum atomic E-state index is 13.6. The SMILES string of the molecule is CCCCCCCN(CCCCCC(=O)OCC(CCCCC)CCCCC)C(=O)OCCN(CCOC(=O)N(CCCCCCC)CCCCCC(=O)OCC(CCCCC)CCCCC)CCN1CCCC1. The van der Waals surface area contributed by atoms with Crippen LogP contribution in [0.25, 0.3) is 0 Å². The second kappa shape index (κ2) is 51.2. The first kappa shape index (κ1) is 69.4. The van der Waals surface area contributed by atoms with Gasteiger partial charge >= 0.3 is 24.1 Å². The Bertz CT molecular complexity index is 1190. The number of nitrogens with zero attached hydrogens (tertiary/aromatic N) is 4. The molecule has 1 aliphatic heterocycles. The molecule has 1 saturated heterocycles. The molecule has 1 heterocycles. The first-order valence-electron chi connectivity index (χ1n) is 31.8. The summed E-state index contributed by atoms with van der Waals surface area (Å²) < 4.78 is 23.6. The molecule has 0 unspecified atom stereocenters. The molecule has 12 heteroatoms. The number of amides is 2. The van der Waals surface area contributed by atoms with Crippen molar-refractivity contribution in [1.82, 2.24) is 19.6 Å². The molecule has 0 radical (unpaired) electrons. The second-order valence-corrected chi connectivity index (χ2v) is 22.1. The van der Waals surface area contributed by atoms with E-state index in [0.29, 0.717) is 77.2 Å².